The summed E-state index contributed by atoms with van der Waals surface area (Å²) in [4.78, 5) is 31.3. The minimum atomic E-state index is -0.250. The van der Waals surface area contributed by atoms with Crippen molar-refractivity contribution in [2.24, 2.45) is 5.92 Å². The van der Waals surface area contributed by atoms with Crippen LogP contribution in [0.25, 0.3) is 0 Å². The highest BCUT2D eigenvalue weighted by atomic mass is 19.1. The number of carbonyl (C=O) groups excluding carboxylic acids is 2. The van der Waals surface area contributed by atoms with Crippen molar-refractivity contribution in [2.75, 3.05) is 38.1 Å². The second-order valence-corrected chi connectivity index (χ2v) is 7.77. The summed E-state index contributed by atoms with van der Waals surface area (Å²) >= 11 is 0. The Bertz CT molecular complexity index is 881. The van der Waals surface area contributed by atoms with Crippen LogP contribution in [-0.4, -0.2) is 54.8 Å². The van der Waals surface area contributed by atoms with Gasteiger partial charge in [-0.3, -0.25) is 9.59 Å². The van der Waals surface area contributed by atoms with Gasteiger partial charge in [-0.15, -0.1) is 0 Å². The topological polar surface area (TPSA) is 43.9 Å². The minimum absolute atomic E-state index is 0.0762. The standard InChI is InChI=1S/C23H26FN3O2/c1-25-21(28)12-11-18(22(25)17-7-3-2-4-8-17)23(29)27-15-13-26(14-16-27)20-10-6-5-9-19(20)24/h2-10,18,22H,11-16H2,1H3/t18-,22+/m1/s1. The first-order chi connectivity index (χ1) is 14.1. The maximum Gasteiger partial charge on any atom is 0.228 e. The lowest BCUT2D eigenvalue weighted by molar-refractivity contribution is -0.146. The fraction of sp³-hybridized carbons (Fsp3) is 0.391. The van der Waals surface area contributed by atoms with Crippen LogP contribution < -0.4 is 4.90 Å². The fourth-order valence-corrected chi connectivity index (χ4v) is 4.51. The summed E-state index contributed by atoms with van der Waals surface area (Å²) in [5.41, 5.74) is 1.58. The SMILES string of the molecule is CN1C(=O)CC[C@@H](C(=O)N2CCN(c3ccccc3F)CC2)[C@@H]1c1ccccc1. The molecule has 0 unspecified atom stereocenters. The molecule has 0 bridgehead atoms. The van der Waals surface area contributed by atoms with Gasteiger partial charge >= 0.3 is 0 Å². The van der Waals surface area contributed by atoms with E-state index in [-0.39, 0.29) is 29.6 Å². The first kappa shape index (κ1) is 19.4. The third-order valence-electron chi connectivity index (χ3n) is 6.10. The van der Waals surface area contributed by atoms with Gasteiger partial charge in [0.2, 0.25) is 11.8 Å². The molecule has 0 aromatic heterocycles. The molecular weight excluding hydrogens is 369 g/mol. The third kappa shape index (κ3) is 3.84. The quantitative estimate of drug-likeness (QED) is 0.802. The van der Waals surface area contributed by atoms with Gasteiger partial charge in [0, 0.05) is 39.6 Å². The van der Waals surface area contributed by atoms with Crippen LogP contribution in [0.1, 0.15) is 24.4 Å². The average Bonchev–Trinajstić information content (AvgIpc) is 2.76. The van der Waals surface area contributed by atoms with E-state index in [9.17, 15) is 14.0 Å². The number of likely N-dealkylation sites (tertiary alicyclic amines) is 1. The first-order valence-corrected chi connectivity index (χ1v) is 10.1. The number of para-hydroxylation sites is 1. The Morgan fingerprint density at radius 1 is 0.966 bits per heavy atom. The molecule has 0 spiro atoms. The highest BCUT2D eigenvalue weighted by Gasteiger charge is 2.41. The molecule has 4 rings (SSSR count). The maximum atomic E-state index is 14.1. The third-order valence-corrected chi connectivity index (χ3v) is 6.10. The number of nitrogens with zero attached hydrogens (tertiary/aromatic N) is 3. The molecule has 2 heterocycles. The molecule has 6 heteroatoms. The zero-order valence-corrected chi connectivity index (χ0v) is 16.6. The second-order valence-electron chi connectivity index (χ2n) is 7.77. The average molecular weight is 395 g/mol. The van der Waals surface area contributed by atoms with Gasteiger partial charge in [-0.25, -0.2) is 4.39 Å². The van der Waals surface area contributed by atoms with Gasteiger partial charge in [0.15, 0.2) is 0 Å². The van der Waals surface area contributed by atoms with Gasteiger partial charge < -0.3 is 14.7 Å². The minimum Gasteiger partial charge on any atom is -0.366 e. The maximum absolute atomic E-state index is 14.1. The Kier molecular flexibility index (Phi) is 5.51. The molecule has 2 saturated heterocycles. The molecule has 152 valence electrons. The van der Waals surface area contributed by atoms with Gasteiger partial charge in [-0.05, 0) is 24.1 Å². The number of carbonyl (C=O) groups is 2. The number of piperazine rings is 1. The van der Waals surface area contributed by atoms with Crippen LogP contribution in [0.4, 0.5) is 10.1 Å². The molecule has 5 nitrogen and oxygen atoms in total. The molecule has 2 fully saturated rings. The Hall–Kier alpha value is -2.89. The van der Waals surface area contributed by atoms with Crippen molar-refractivity contribution in [2.45, 2.75) is 18.9 Å². The van der Waals surface area contributed by atoms with Crippen LogP contribution in [0, 0.1) is 11.7 Å². The number of anilines is 1. The molecule has 29 heavy (non-hydrogen) atoms. The summed E-state index contributed by atoms with van der Waals surface area (Å²) in [5, 5.41) is 0. The zero-order valence-electron chi connectivity index (χ0n) is 16.6. The number of halogens is 1. The van der Waals surface area contributed by atoms with Crippen LogP contribution in [0.2, 0.25) is 0 Å². The molecule has 0 radical (unpaired) electrons. The fourth-order valence-electron chi connectivity index (χ4n) is 4.51. The van der Waals surface area contributed by atoms with E-state index in [0.717, 1.165) is 5.56 Å². The number of hydrogen-bond donors (Lipinski definition) is 0. The predicted octanol–water partition coefficient (Wildman–Crippen LogP) is 3.08. The van der Waals surface area contributed by atoms with Gasteiger partial charge in [0.05, 0.1) is 17.6 Å². The lowest BCUT2D eigenvalue weighted by Crippen LogP contribution is -2.53. The second kappa shape index (κ2) is 8.23. The van der Waals surface area contributed by atoms with Crippen molar-refractivity contribution in [1.82, 2.24) is 9.80 Å². The van der Waals surface area contributed by atoms with Crippen molar-refractivity contribution in [3.63, 3.8) is 0 Å². The van der Waals surface area contributed by atoms with Gasteiger partial charge in [-0.1, -0.05) is 42.5 Å². The first-order valence-electron chi connectivity index (χ1n) is 10.1. The molecule has 2 amide bonds. The Morgan fingerprint density at radius 3 is 2.31 bits per heavy atom. The molecule has 2 aromatic rings. The number of benzene rings is 2. The van der Waals surface area contributed by atoms with E-state index >= 15 is 0 Å². The molecule has 2 aliphatic rings. The number of rotatable bonds is 3. The lowest BCUT2D eigenvalue weighted by atomic mass is 9.83. The van der Waals surface area contributed by atoms with Crippen LogP contribution in [0.15, 0.2) is 54.6 Å². The summed E-state index contributed by atoms with van der Waals surface area (Å²) in [5.74, 6) is -0.317. The molecule has 0 saturated carbocycles. The largest absolute Gasteiger partial charge is 0.366 e. The molecule has 2 aromatic carbocycles. The van der Waals surface area contributed by atoms with Crippen LogP contribution in [-0.2, 0) is 9.59 Å². The molecule has 2 aliphatic heterocycles. The Balaban J connectivity index is 1.48. The summed E-state index contributed by atoms with van der Waals surface area (Å²) in [6, 6.07) is 16.3. The van der Waals surface area contributed by atoms with E-state index in [2.05, 4.69) is 0 Å². The number of hydrogen-bond acceptors (Lipinski definition) is 3. The molecular formula is C23H26FN3O2. The lowest BCUT2D eigenvalue weighted by Gasteiger charge is -2.43. The van der Waals surface area contributed by atoms with Crippen molar-refractivity contribution >= 4 is 17.5 Å². The van der Waals surface area contributed by atoms with E-state index in [0.29, 0.717) is 44.7 Å². The van der Waals surface area contributed by atoms with Crippen molar-refractivity contribution in [3.05, 3.63) is 66.0 Å². The number of amides is 2. The Morgan fingerprint density at radius 2 is 1.62 bits per heavy atom. The normalized spacial score (nSPS) is 22.7. The van der Waals surface area contributed by atoms with E-state index in [1.807, 2.05) is 46.2 Å². The summed E-state index contributed by atoms with van der Waals surface area (Å²) in [6.07, 6.45) is 0.959. The molecule has 0 aliphatic carbocycles. The summed E-state index contributed by atoms with van der Waals surface area (Å²) in [7, 11) is 1.79. The van der Waals surface area contributed by atoms with E-state index < -0.39 is 0 Å². The van der Waals surface area contributed by atoms with E-state index in [1.165, 1.54) is 6.07 Å². The van der Waals surface area contributed by atoms with Crippen LogP contribution in [0.3, 0.4) is 0 Å². The van der Waals surface area contributed by atoms with E-state index in [4.69, 9.17) is 0 Å². The van der Waals surface area contributed by atoms with Crippen molar-refractivity contribution in [3.8, 4) is 0 Å². The van der Waals surface area contributed by atoms with Crippen molar-refractivity contribution < 1.29 is 14.0 Å². The highest BCUT2D eigenvalue weighted by molar-refractivity contribution is 5.85. The van der Waals surface area contributed by atoms with Gasteiger partial charge in [0.25, 0.3) is 0 Å². The molecule has 2 atom stereocenters. The number of piperidine rings is 1. The Labute approximate surface area is 170 Å². The van der Waals surface area contributed by atoms with Crippen LogP contribution in [0.5, 0.6) is 0 Å². The highest BCUT2D eigenvalue weighted by Crippen LogP contribution is 2.37. The van der Waals surface area contributed by atoms with Gasteiger partial charge in [-0.2, -0.15) is 0 Å². The summed E-state index contributed by atoms with van der Waals surface area (Å²) in [6.45, 7) is 2.32. The molecule has 0 N–H and O–H groups in total. The van der Waals surface area contributed by atoms with E-state index in [1.54, 1.807) is 24.1 Å². The zero-order chi connectivity index (χ0) is 20.4. The predicted molar refractivity (Wildman–Crippen MR) is 110 cm³/mol. The monoisotopic (exact) mass is 395 g/mol. The van der Waals surface area contributed by atoms with Crippen LogP contribution >= 0.6 is 0 Å². The van der Waals surface area contributed by atoms with Gasteiger partial charge in [0.1, 0.15) is 5.82 Å². The van der Waals surface area contributed by atoms with Crippen molar-refractivity contribution in [1.29, 1.82) is 0 Å². The summed E-state index contributed by atoms with van der Waals surface area (Å²) < 4.78 is 14.1. The smallest absolute Gasteiger partial charge is 0.228 e.